The Hall–Kier alpha value is -2.87. The van der Waals surface area contributed by atoms with Gasteiger partial charge in [0.2, 0.25) is 5.91 Å². The predicted octanol–water partition coefficient (Wildman–Crippen LogP) is 5.90. The molecule has 3 aromatic rings. The van der Waals surface area contributed by atoms with Crippen molar-refractivity contribution in [3.05, 3.63) is 71.4 Å². The van der Waals surface area contributed by atoms with E-state index < -0.39 is 17.1 Å². The first-order chi connectivity index (χ1) is 14.1. The van der Waals surface area contributed by atoms with E-state index in [1.807, 2.05) is 26.0 Å². The summed E-state index contributed by atoms with van der Waals surface area (Å²) >= 11 is 0.883. The average molecular weight is 431 g/mol. The molecule has 1 heterocycles. The number of thioether (sulfide) groups is 1. The van der Waals surface area contributed by atoms with Crippen molar-refractivity contribution in [2.45, 2.75) is 37.4 Å². The van der Waals surface area contributed by atoms with Crippen molar-refractivity contribution in [1.82, 2.24) is 9.97 Å². The molecule has 0 spiro atoms. The van der Waals surface area contributed by atoms with Gasteiger partial charge in [0.1, 0.15) is 5.69 Å². The Morgan fingerprint density at radius 1 is 1.00 bits per heavy atom. The molecule has 30 heavy (non-hydrogen) atoms. The van der Waals surface area contributed by atoms with Crippen LogP contribution in [-0.2, 0) is 11.0 Å². The summed E-state index contributed by atoms with van der Waals surface area (Å²) in [6, 6.07) is 15.0. The fourth-order valence-corrected chi connectivity index (χ4v) is 3.44. The van der Waals surface area contributed by atoms with Crippen molar-refractivity contribution >= 4 is 23.4 Å². The Labute approximate surface area is 177 Å². The second-order valence-corrected chi connectivity index (χ2v) is 8.14. The molecular formula is C22H20F3N3OS. The molecule has 0 saturated carbocycles. The van der Waals surface area contributed by atoms with Gasteiger partial charge in [-0.05, 0) is 50.1 Å². The third-order valence-corrected chi connectivity index (χ3v) is 5.45. The van der Waals surface area contributed by atoms with Gasteiger partial charge in [0.05, 0.1) is 10.9 Å². The number of alkyl halides is 3. The zero-order valence-corrected chi connectivity index (χ0v) is 17.4. The first-order valence-corrected chi connectivity index (χ1v) is 10.1. The Morgan fingerprint density at radius 3 is 2.33 bits per heavy atom. The minimum Gasteiger partial charge on any atom is -0.325 e. The highest BCUT2D eigenvalue weighted by atomic mass is 32.2. The fraction of sp³-hybridized carbons (Fsp3) is 0.227. The van der Waals surface area contributed by atoms with Crippen molar-refractivity contribution in [2.75, 3.05) is 5.32 Å². The summed E-state index contributed by atoms with van der Waals surface area (Å²) < 4.78 is 40.0. The minimum absolute atomic E-state index is 0.105. The molecule has 2 aromatic carbocycles. The predicted molar refractivity (Wildman–Crippen MR) is 112 cm³/mol. The molecule has 1 atom stereocenters. The lowest BCUT2D eigenvalue weighted by atomic mass is 10.1. The van der Waals surface area contributed by atoms with Crippen LogP contribution < -0.4 is 5.32 Å². The maximum atomic E-state index is 13.3. The number of benzene rings is 2. The van der Waals surface area contributed by atoms with Crippen molar-refractivity contribution < 1.29 is 18.0 Å². The van der Waals surface area contributed by atoms with Gasteiger partial charge in [0.25, 0.3) is 0 Å². The summed E-state index contributed by atoms with van der Waals surface area (Å²) in [5.41, 5.74) is 2.41. The molecule has 1 aromatic heterocycles. The quantitative estimate of drug-likeness (QED) is 0.404. The summed E-state index contributed by atoms with van der Waals surface area (Å²) in [5, 5.41) is 1.98. The van der Waals surface area contributed by atoms with Gasteiger partial charge < -0.3 is 5.32 Å². The third kappa shape index (κ3) is 5.38. The van der Waals surface area contributed by atoms with Crippen LogP contribution in [0.15, 0.2) is 59.8 Å². The van der Waals surface area contributed by atoms with Crippen LogP contribution in [0, 0.1) is 13.8 Å². The number of hydrogen-bond acceptors (Lipinski definition) is 4. The minimum atomic E-state index is -4.62. The van der Waals surface area contributed by atoms with E-state index in [-0.39, 0.29) is 16.8 Å². The van der Waals surface area contributed by atoms with Gasteiger partial charge in [0, 0.05) is 11.3 Å². The average Bonchev–Trinajstić information content (AvgIpc) is 2.70. The molecule has 4 nitrogen and oxygen atoms in total. The zero-order chi connectivity index (χ0) is 21.9. The van der Waals surface area contributed by atoms with E-state index in [0.717, 1.165) is 29.0 Å². The van der Waals surface area contributed by atoms with Crippen molar-refractivity contribution in [3.8, 4) is 11.3 Å². The lowest BCUT2D eigenvalue weighted by Gasteiger charge is -2.14. The van der Waals surface area contributed by atoms with Gasteiger partial charge in [0.15, 0.2) is 5.16 Å². The van der Waals surface area contributed by atoms with Crippen LogP contribution in [0.2, 0.25) is 0 Å². The Morgan fingerprint density at radius 2 is 1.70 bits per heavy atom. The zero-order valence-electron chi connectivity index (χ0n) is 16.6. The van der Waals surface area contributed by atoms with Gasteiger partial charge >= 0.3 is 6.18 Å². The van der Waals surface area contributed by atoms with Gasteiger partial charge in [-0.25, -0.2) is 9.97 Å². The van der Waals surface area contributed by atoms with Crippen LogP contribution in [0.25, 0.3) is 11.3 Å². The number of aromatic nitrogens is 2. The molecule has 0 unspecified atom stereocenters. The number of aryl methyl sites for hydroxylation is 2. The molecule has 3 rings (SSSR count). The normalized spacial score (nSPS) is 12.5. The number of nitrogens with zero attached hydrogens (tertiary/aromatic N) is 2. The Kier molecular flexibility index (Phi) is 6.45. The number of carbonyl (C=O) groups is 1. The maximum Gasteiger partial charge on any atom is 0.433 e. The number of carbonyl (C=O) groups excluding carboxylic acids is 1. The van der Waals surface area contributed by atoms with Crippen LogP contribution in [-0.4, -0.2) is 21.1 Å². The topological polar surface area (TPSA) is 54.9 Å². The molecule has 1 amide bonds. The second kappa shape index (κ2) is 8.87. The maximum absolute atomic E-state index is 13.3. The van der Waals surface area contributed by atoms with Crippen LogP contribution in [0.1, 0.15) is 23.7 Å². The van der Waals surface area contributed by atoms with E-state index in [2.05, 4.69) is 15.3 Å². The number of anilines is 1. The number of amides is 1. The molecule has 156 valence electrons. The Bertz CT molecular complexity index is 1060. The van der Waals surface area contributed by atoms with Crippen molar-refractivity contribution in [3.63, 3.8) is 0 Å². The van der Waals surface area contributed by atoms with Gasteiger partial charge in [-0.1, -0.05) is 48.2 Å². The van der Waals surface area contributed by atoms with Crippen molar-refractivity contribution in [2.24, 2.45) is 0 Å². The van der Waals surface area contributed by atoms with Crippen LogP contribution in [0.5, 0.6) is 0 Å². The highest BCUT2D eigenvalue weighted by Gasteiger charge is 2.34. The van der Waals surface area contributed by atoms with E-state index in [0.29, 0.717) is 11.3 Å². The smallest absolute Gasteiger partial charge is 0.325 e. The summed E-state index contributed by atoms with van der Waals surface area (Å²) in [4.78, 5) is 20.4. The molecule has 0 bridgehead atoms. The third-order valence-electron chi connectivity index (χ3n) is 4.49. The largest absolute Gasteiger partial charge is 0.433 e. The summed E-state index contributed by atoms with van der Waals surface area (Å²) in [7, 11) is 0. The standard InChI is InChI=1S/C22H20F3N3OS/c1-13-9-10-17(11-14(13)2)26-20(29)15(3)30-21-27-18(16-7-5-4-6-8-16)12-19(28-21)22(23,24)25/h4-12,15H,1-3H3,(H,26,29)/t15-/m1/s1. The first-order valence-electron chi connectivity index (χ1n) is 9.20. The highest BCUT2D eigenvalue weighted by molar-refractivity contribution is 8.00. The molecule has 1 N–H and O–H groups in total. The van der Waals surface area contributed by atoms with Gasteiger partial charge in [-0.3, -0.25) is 4.79 Å². The van der Waals surface area contributed by atoms with E-state index >= 15 is 0 Å². The SMILES string of the molecule is Cc1ccc(NC(=O)[C@@H](C)Sc2nc(-c3ccccc3)cc(C(F)(F)F)n2)cc1C. The number of rotatable bonds is 5. The number of nitrogens with one attached hydrogen (secondary N) is 1. The molecule has 0 fully saturated rings. The summed E-state index contributed by atoms with van der Waals surface area (Å²) in [6.45, 7) is 5.51. The molecule has 8 heteroatoms. The summed E-state index contributed by atoms with van der Waals surface area (Å²) in [6.07, 6.45) is -4.62. The van der Waals surface area contributed by atoms with Crippen LogP contribution in [0.4, 0.5) is 18.9 Å². The second-order valence-electron chi connectivity index (χ2n) is 6.83. The van der Waals surface area contributed by atoms with E-state index in [4.69, 9.17) is 0 Å². The Balaban J connectivity index is 1.83. The van der Waals surface area contributed by atoms with E-state index in [9.17, 15) is 18.0 Å². The van der Waals surface area contributed by atoms with Gasteiger partial charge in [-0.2, -0.15) is 13.2 Å². The van der Waals surface area contributed by atoms with E-state index in [1.54, 1.807) is 43.3 Å². The van der Waals surface area contributed by atoms with Gasteiger partial charge in [-0.15, -0.1) is 0 Å². The molecular weight excluding hydrogens is 411 g/mol. The van der Waals surface area contributed by atoms with Crippen molar-refractivity contribution in [1.29, 1.82) is 0 Å². The highest BCUT2D eigenvalue weighted by Crippen LogP contribution is 2.33. The fourth-order valence-electron chi connectivity index (χ4n) is 2.65. The molecule has 0 saturated heterocycles. The monoisotopic (exact) mass is 431 g/mol. The first kappa shape index (κ1) is 21.8. The number of hydrogen-bond donors (Lipinski definition) is 1. The number of halogens is 3. The van der Waals surface area contributed by atoms with E-state index in [1.165, 1.54) is 0 Å². The lowest BCUT2D eigenvalue weighted by molar-refractivity contribution is -0.141. The molecule has 0 aliphatic heterocycles. The summed E-state index contributed by atoms with van der Waals surface area (Å²) in [5.74, 6) is -0.342. The molecule has 0 aliphatic carbocycles. The van der Waals surface area contributed by atoms with Crippen LogP contribution in [0.3, 0.4) is 0 Å². The molecule has 0 aliphatic rings. The lowest BCUT2D eigenvalue weighted by Crippen LogP contribution is -2.23. The van der Waals surface area contributed by atoms with Crippen LogP contribution >= 0.6 is 11.8 Å². The molecule has 0 radical (unpaired) electrons.